The molecule has 2 rings (SSSR count). The summed E-state index contributed by atoms with van der Waals surface area (Å²) < 4.78 is 0. The summed E-state index contributed by atoms with van der Waals surface area (Å²) in [5.41, 5.74) is 3.81. The van der Waals surface area contributed by atoms with Gasteiger partial charge in [0, 0.05) is 5.56 Å². The summed E-state index contributed by atoms with van der Waals surface area (Å²) in [5.74, 6) is -0.235. The second-order valence-electron chi connectivity index (χ2n) is 4.96. The molecule has 0 N–H and O–H groups in total. The third-order valence-electron chi connectivity index (χ3n) is 3.34. The van der Waals surface area contributed by atoms with E-state index in [4.69, 9.17) is 0 Å². The highest BCUT2D eigenvalue weighted by Crippen LogP contribution is 2.14. The summed E-state index contributed by atoms with van der Waals surface area (Å²) in [6, 6.07) is 17.2. The zero-order valence-corrected chi connectivity index (χ0v) is 12.3. The third-order valence-corrected chi connectivity index (χ3v) is 3.34. The van der Waals surface area contributed by atoms with Crippen LogP contribution in [0.1, 0.15) is 34.0 Å². The van der Waals surface area contributed by atoms with E-state index in [2.05, 4.69) is 6.92 Å². The van der Waals surface area contributed by atoms with E-state index < -0.39 is 0 Å². The molecule has 0 aliphatic rings. The Morgan fingerprint density at radius 1 is 1.19 bits per heavy atom. The molecule has 0 atom stereocenters. The number of nitrogens with zero attached hydrogens (tertiary/aromatic N) is 1. The van der Waals surface area contributed by atoms with Crippen LogP contribution < -0.4 is 0 Å². The maximum Gasteiger partial charge on any atom is 0.203 e. The maximum absolute atomic E-state index is 12.4. The molecule has 0 unspecified atom stereocenters. The first kappa shape index (κ1) is 14.7. The van der Waals surface area contributed by atoms with E-state index in [0.717, 1.165) is 17.5 Å². The normalized spacial score (nSPS) is 11.0. The van der Waals surface area contributed by atoms with Crippen molar-refractivity contribution in [3.8, 4) is 6.07 Å². The van der Waals surface area contributed by atoms with E-state index >= 15 is 0 Å². The van der Waals surface area contributed by atoms with Crippen molar-refractivity contribution >= 4 is 11.9 Å². The largest absolute Gasteiger partial charge is 0.288 e. The minimum absolute atomic E-state index is 0.157. The SMILES string of the molecule is CCc1ccc(/C=C(\C#N)C(=O)c2cccc(C)c2)cc1. The first-order valence-electron chi connectivity index (χ1n) is 6.96. The smallest absolute Gasteiger partial charge is 0.203 e. The van der Waals surface area contributed by atoms with E-state index in [1.54, 1.807) is 18.2 Å². The van der Waals surface area contributed by atoms with Gasteiger partial charge < -0.3 is 0 Å². The number of allylic oxidation sites excluding steroid dienone is 1. The molecule has 0 saturated heterocycles. The molecule has 0 heterocycles. The predicted molar refractivity (Wildman–Crippen MR) is 84.9 cm³/mol. The van der Waals surface area contributed by atoms with Gasteiger partial charge in [-0.1, -0.05) is 55.0 Å². The molecule has 104 valence electrons. The van der Waals surface area contributed by atoms with Gasteiger partial charge in [0.2, 0.25) is 5.78 Å². The Kier molecular flexibility index (Phi) is 4.68. The molecular weight excluding hydrogens is 258 g/mol. The molecule has 0 amide bonds. The second-order valence-corrected chi connectivity index (χ2v) is 4.96. The summed E-state index contributed by atoms with van der Waals surface area (Å²) in [7, 11) is 0. The molecule has 0 bridgehead atoms. The van der Waals surface area contributed by atoms with Crippen molar-refractivity contribution in [2.24, 2.45) is 0 Å². The average Bonchev–Trinajstić information content (AvgIpc) is 2.52. The molecule has 0 aliphatic carbocycles. The van der Waals surface area contributed by atoms with Crippen molar-refractivity contribution < 1.29 is 4.79 Å². The lowest BCUT2D eigenvalue weighted by atomic mass is 10.00. The fraction of sp³-hybridized carbons (Fsp3) is 0.158. The van der Waals surface area contributed by atoms with Crippen LogP contribution in [0.15, 0.2) is 54.1 Å². The number of carbonyl (C=O) groups is 1. The van der Waals surface area contributed by atoms with Gasteiger partial charge >= 0.3 is 0 Å². The number of rotatable bonds is 4. The van der Waals surface area contributed by atoms with Gasteiger partial charge in [-0.15, -0.1) is 0 Å². The molecule has 0 saturated carbocycles. The third kappa shape index (κ3) is 3.67. The van der Waals surface area contributed by atoms with Gasteiger partial charge in [-0.05, 0) is 36.6 Å². The summed E-state index contributed by atoms with van der Waals surface area (Å²) in [4.78, 5) is 12.4. The van der Waals surface area contributed by atoms with E-state index in [0.29, 0.717) is 5.56 Å². The minimum atomic E-state index is -0.235. The quantitative estimate of drug-likeness (QED) is 0.473. The Bertz CT molecular complexity index is 718. The molecule has 2 heteroatoms. The monoisotopic (exact) mass is 275 g/mol. The van der Waals surface area contributed by atoms with Crippen LogP contribution in [-0.4, -0.2) is 5.78 Å². The van der Waals surface area contributed by atoms with Crippen LogP contribution >= 0.6 is 0 Å². The molecule has 2 nitrogen and oxygen atoms in total. The molecule has 0 aromatic heterocycles. The van der Waals surface area contributed by atoms with Crippen LogP contribution in [0.3, 0.4) is 0 Å². The summed E-state index contributed by atoms with van der Waals surface area (Å²) >= 11 is 0. The standard InChI is InChI=1S/C19H17NO/c1-3-15-7-9-16(10-8-15)12-18(13-20)19(21)17-6-4-5-14(2)11-17/h4-12H,3H2,1-2H3/b18-12+. The van der Waals surface area contributed by atoms with Gasteiger partial charge in [0.1, 0.15) is 11.6 Å². The second kappa shape index (κ2) is 6.67. The number of ketones is 1. The number of carbonyl (C=O) groups excluding carboxylic acids is 1. The van der Waals surface area contributed by atoms with Gasteiger partial charge in [0.15, 0.2) is 0 Å². The van der Waals surface area contributed by atoms with Crippen LogP contribution in [0.5, 0.6) is 0 Å². The molecule has 2 aromatic rings. The van der Waals surface area contributed by atoms with Gasteiger partial charge in [-0.3, -0.25) is 4.79 Å². The Hall–Kier alpha value is -2.66. The fourth-order valence-corrected chi connectivity index (χ4v) is 2.11. The van der Waals surface area contributed by atoms with Gasteiger partial charge in [0.05, 0.1) is 0 Å². The van der Waals surface area contributed by atoms with E-state index in [9.17, 15) is 10.1 Å². The van der Waals surface area contributed by atoms with Crippen molar-refractivity contribution in [1.82, 2.24) is 0 Å². The Balaban J connectivity index is 2.32. The summed E-state index contributed by atoms with van der Waals surface area (Å²) in [6.07, 6.45) is 2.61. The van der Waals surface area contributed by atoms with Crippen LogP contribution in [0, 0.1) is 18.3 Å². The Labute approximate surface area is 125 Å². The Morgan fingerprint density at radius 3 is 2.48 bits per heavy atom. The molecule has 2 aromatic carbocycles. The predicted octanol–water partition coefficient (Wildman–Crippen LogP) is 4.35. The highest BCUT2D eigenvalue weighted by atomic mass is 16.1. The minimum Gasteiger partial charge on any atom is -0.288 e. The zero-order chi connectivity index (χ0) is 15.2. The van der Waals surface area contributed by atoms with E-state index in [1.165, 1.54) is 5.56 Å². The van der Waals surface area contributed by atoms with E-state index in [-0.39, 0.29) is 11.4 Å². The van der Waals surface area contributed by atoms with Crippen molar-refractivity contribution in [3.05, 3.63) is 76.4 Å². The topological polar surface area (TPSA) is 40.9 Å². The van der Waals surface area contributed by atoms with Crippen molar-refractivity contribution in [2.45, 2.75) is 20.3 Å². The lowest BCUT2D eigenvalue weighted by Crippen LogP contribution is -2.02. The van der Waals surface area contributed by atoms with Crippen molar-refractivity contribution in [3.63, 3.8) is 0 Å². The Morgan fingerprint density at radius 2 is 1.90 bits per heavy atom. The number of Topliss-reactive ketones (excluding diaryl/α,β-unsaturated/α-hetero) is 1. The molecule has 0 spiro atoms. The molecule has 21 heavy (non-hydrogen) atoms. The number of aryl methyl sites for hydroxylation is 2. The van der Waals surface area contributed by atoms with Crippen LogP contribution in [0.2, 0.25) is 0 Å². The van der Waals surface area contributed by atoms with Crippen LogP contribution in [0.4, 0.5) is 0 Å². The van der Waals surface area contributed by atoms with Crippen LogP contribution in [0.25, 0.3) is 6.08 Å². The van der Waals surface area contributed by atoms with Gasteiger partial charge in [0.25, 0.3) is 0 Å². The van der Waals surface area contributed by atoms with Gasteiger partial charge in [-0.2, -0.15) is 5.26 Å². The number of hydrogen-bond donors (Lipinski definition) is 0. The average molecular weight is 275 g/mol. The number of nitriles is 1. The van der Waals surface area contributed by atoms with E-state index in [1.807, 2.05) is 49.4 Å². The van der Waals surface area contributed by atoms with Crippen molar-refractivity contribution in [2.75, 3.05) is 0 Å². The number of hydrogen-bond acceptors (Lipinski definition) is 2. The zero-order valence-electron chi connectivity index (χ0n) is 12.3. The van der Waals surface area contributed by atoms with Crippen LogP contribution in [-0.2, 0) is 6.42 Å². The maximum atomic E-state index is 12.4. The molecule has 0 fully saturated rings. The van der Waals surface area contributed by atoms with Crippen molar-refractivity contribution in [1.29, 1.82) is 5.26 Å². The first-order chi connectivity index (χ1) is 10.1. The lowest BCUT2D eigenvalue weighted by Gasteiger charge is -2.02. The highest BCUT2D eigenvalue weighted by molar-refractivity contribution is 6.14. The fourth-order valence-electron chi connectivity index (χ4n) is 2.11. The highest BCUT2D eigenvalue weighted by Gasteiger charge is 2.12. The molecule has 0 radical (unpaired) electrons. The summed E-state index contributed by atoms with van der Waals surface area (Å²) in [6.45, 7) is 4.02. The first-order valence-corrected chi connectivity index (χ1v) is 6.96. The summed E-state index contributed by atoms with van der Waals surface area (Å²) in [5, 5.41) is 9.25. The van der Waals surface area contributed by atoms with Gasteiger partial charge in [-0.25, -0.2) is 0 Å². The molecular formula is C19H17NO. The number of benzene rings is 2. The molecule has 0 aliphatic heterocycles. The lowest BCUT2D eigenvalue weighted by molar-refractivity contribution is 0.104.